The van der Waals surface area contributed by atoms with Crippen molar-refractivity contribution in [3.05, 3.63) is 0 Å². The zero-order valence-electron chi connectivity index (χ0n) is 22.1. The van der Waals surface area contributed by atoms with Crippen molar-refractivity contribution in [1.29, 1.82) is 0 Å². The third-order valence-corrected chi connectivity index (χ3v) is 10.4. The molecule has 0 heterocycles. The van der Waals surface area contributed by atoms with Crippen molar-refractivity contribution in [2.24, 2.45) is 53.3 Å². The highest BCUT2D eigenvalue weighted by Crippen LogP contribution is 2.53. The van der Waals surface area contributed by atoms with Crippen LogP contribution in [0, 0.1) is 53.3 Å². The lowest BCUT2D eigenvalue weighted by Gasteiger charge is -2.44. The van der Waals surface area contributed by atoms with Crippen LogP contribution in [-0.2, 0) is 0 Å². The fourth-order valence-electron chi connectivity index (χ4n) is 7.60. The zero-order valence-corrected chi connectivity index (χ0v) is 22.1. The molecule has 0 aromatic heterocycles. The number of aliphatic hydroxyl groups is 2. The summed E-state index contributed by atoms with van der Waals surface area (Å²) in [6.07, 6.45) is 17.0. The van der Waals surface area contributed by atoms with Gasteiger partial charge in [0.2, 0.25) is 0 Å². The highest BCUT2D eigenvalue weighted by Gasteiger charge is 2.45. The van der Waals surface area contributed by atoms with Crippen LogP contribution in [0.3, 0.4) is 0 Å². The van der Waals surface area contributed by atoms with Crippen LogP contribution >= 0.6 is 0 Å². The Hall–Kier alpha value is -0.0800. The third kappa shape index (κ3) is 6.97. The van der Waals surface area contributed by atoms with E-state index in [0.29, 0.717) is 23.7 Å². The van der Waals surface area contributed by atoms with Crippen molar-refractivity contribution in [3.63, 3.8) is 0 Å². The van der Waals surface area contributed by atoms with E-state index >= 15 is 0 Å². The maximum atomic E-state index is 11.4. The molecule has 3 fully saturated rings. The van der Waals surface area contributed by atoms with Gasteiger partial charge in [0, 0.05) is 0 Å². The first-order valence-electron chi connectivity index (χ1n) is 14.7. The van der Waals surface area contributed by atoms with Crippen molar-refractivity contribution in [2.45, 2.75) is 137 Å². The molecule has 3 aliphatic carbocycles. The Balaban J connectivity index is 1.64. The van der Waals surface area contributed by atoms with Crippen LogP contribution < -0.4 is 0 Å². The van der Waals surface area contributed by atoms with Crippen LogP contribution in [0.15, 0.2) is 0 Å². The molecule has 0 spiro atoms. The maximum Gasteiger partial charge on any atom is 0.0571 e. The van der Waals surface area contributed by atoms with E-state index in [4.69, 9.17) is 0 Å². The van der Waals surface area contributed by atoms with Crippen LogP contribution in [0.25, 0.3) is 0 Å². The molecule has 0 aromatic rings. The van der Waals surface area contributed by atoms with E-state index in [2.05, 4.69) is 34.6 Å². The van der Waals surface area contributed by atoms with Gasteiger partial charge in [-0.2, -0.15) is 0 Å². The van der Waals surface area contributed by atoms with Gasteiger partial charge in [0.15, 0.2) is 0 Å². The van der Waals surface area contributed by atoms with Gasteiger partial charge >= 0.3 is 0 Å². The number of rotatable bonds is 12. The first kappa shape index (κ1) is 26.5. The number of hydrogen-bond acceptors (Lipinski definition) is 2. The first-order chi connectivity index (χ1) is 15.3. The topological polar surface area (TPSA) is 40.5 Å². The SMILES string of the molecule is CCC(C)CC(CC)C(C)CC(O)C1CCCCC(O)C(C(C)C(C2CCC2)C2CC2)C1. The monoisotopic (exact) mass is 448 g/mol. The summed E-state index contributed by atoms with van der Waals surface area (Å²) in [4.78, 5) is 0. The zero-order chi connectivity index (χ0) is 23.3. The van der Waals surface area contributed by atoms with Crippen LogP contribution in [0.4, 0.5) is 0 Å². The predicted octanol–water partition coefficient (Wildman–Crippen LogP) is 7.86. The number of hydrogen-bond donors (Lipinski definition) is 2. The molecule has 0 bridgehead atoms. The highest BCUT2D eigenvalue weighted by molar-refractivity contribution is 4.95. The van der Waals surface area contributed by atoms with E-state index in [0.717, 1.165) is 61.7 Å². The second-order valence-electron chi connectivity index (χ2n) is 12.7. The largest absolute Gasteiger partial charge is 0.393 e. The second kappa shape index (κ2) is 12.6. The number of aliphatic hydroxyl groups excluding tert-OH is 2. The van der Waals surface area contributed by atoms with Gasteiger partial charge in [-0.15, -0.1) is 0 Å². The molecule has 0 aromatic carbocycles. The van der Waals surface area contributed by atoms with Gasteiger partial charge in [-0.1, -0.05) is 79.6 Å². The Morgan fingerprint density at radius 1 is 0.750 bits per heavy atom. The molecule has 0 saturated heterocycles. The lowest BCUT2D eigenvalue weighted by atomic mass is 9.62. The molecule has 3 saturated carbocycles. The molecular formula is C30H56O2. The Morgan fingerprint density at radius 2 is 1.38 bits per heavy atom. The lowest BCUT2D eigenvalue weighted by molar-refractivity contribution is -0.0245. The summed E-state index contributed by atoms with van der Waals surface area (Å²) in [7, 11) is 0. The standard InChI is InChI=1S/C30H56O2/c1-6-20(3)17-23(7-2)21(4)18-29(32)26-11-8-9-14-28(31)27(19-26)22(5)30(25-15-16-25)24-12-10-13-24/h20-32H,6-19H2,1-5H3. The van der Waals surface area contributed by atoms with Crippen molar-refractivity contribution in [2.75, 3.05) is 0 Å². The molecule has 2 nitrogen and oxygen atoms in total. The Labute approximate surface area is 200 Å². The summed E-state index contributed by atoms with van der Waals surface area (Å²) in [5, 5.41) is 22.6. The molecule has 0 radical (unpaired) electrons. The van der Waals surface area contributed by atoms with Crippen molar-refractivity contribution < 1.29 is 10.2 Å². The predicted molar refractivity (Wildman–Crippen MR) is 136 cm³/mol. The molecule has 2 N–H and O–H groups in total. The molecule has 9 unspecified atom stereocenters. The molecule has 3 rings (SSSR count). The second-order valence-corrected chi connectivity index (χ2v) is 12.7. The van der Waals surface area contributed by atoms with Gasteiger partial charge in [0.05, 0.1) is 12.2 Å². The molecular weight excluding hydrogens is 392 g/mol. The van der Waals surface area contributed by atoms with E-state index < -0.39 is 0 Å². The van der Waals surface area contributed by atoms with Crippen molar-refractivity contribution in [3.8, 4) is 0 Å². The minimum absolute atomic E-state index is 0.160. The van der Waals surface area contributed by atoms with E-state index in [1.165, 1.54) is 57.8 Å². The van der Waals surface area contributed by atoms with Crippen LogP contribution in [-0.4, -0.2) is 22.4 Å². The van der Waals surface area contributed by atoms with Gasteiger partial charge in [0.1, 0.15) is 0 Å². The van der Waals surface area contributed by atoms with Crippen LogP contribution in [0.2, 0.25) is 0 Å². The minimum Gasteiger partial charge on any atom is -0.393 e. The molecule has 3 aliphatic rings. The average Bonchev–Trinajstić information content (AvgIpc) is 3.56. The molecule has 188 valence electrons. The van der Waals surface area contributed by atoms with Crippen molar-refractivity contribution >= 4 is 0 Å². The first-order valence-corrected chi connectivity index (χ1v) is 14.7. The van der Waals surface area contributed by atoms with E-state index in [9.17, 15) is 10.2 Å². The fraction of sp³-hybridized carbons (Fsp3) is 1.00. The smallest absolute Gasteiger partial charge is 0.0571 e. The maximum absolute atomic E-state index is 11.4. The Morgan fingerprint density at radius 3 is 1.94 bits per heavy atom. The molecule has 0 amide bonds. The fourth-order valence-corrected chi connectivity index (χ4v) is 7.60. The van der Waals surface area contributed by atoms with Crippen LogP contribution in [0.5, 0.6) is 0 Å². The summed E-state index contributed by atoms with van der Waals surface area (Å²) < 4.78 is 0. The molecule has 32 heavy (non-hydrogen) atoms. The van der Waals surface area contributed by atoms with E-state index in [-0.39, 0.29) is 12.2 Å². The van der Waals surface area contributed by atoms with Crippen molar-refractivity contribution in [1.82, 2.24) is 0 Å². The summed E-state index contributed by atoms with van der Waals surface area (Å²) in [5.41, 5.74) is 0. The molecule has 0 aliphatic heterocycles. The minimum atomic E-state index is -0.195. The van der Waals surface area contributed by atoms with Gasteiger partial charge in [-0.3, -0.25) is 0 Å². The van der Waals surface area contributed by atoms with Gasteiger partial charge in [-0.25, -0.2) is 0 Å². The molecule has 9 atom stereocenters. The summed E-state index contributed by atoms with van der Waals surface area (Å²) in [6.45, 7) is 11.9. The highest BCUT2D eigenvalue weighted by atomic mass is 16.3. The summed E-state index contributed by atoms with van der Waals surface area (Å²) in [5.74, 6) is 6.16. The summed E-state index contributed by atoms with van der Waals surface area (Å²) in [6, 6.07) is 0. The normalized spacial score (nSPS) is 33.3. The van der Waals surface area contributed by atoms with Gasteiger partial charge in [-0.05, 0) is 98.2 Å². The molecule has 2 heteroatoms. The lowest BCUT2D eigenvalue weighted by Crippen LogP contribution is -2.40. The van der Waals surface area contributed by atoms with E-state index in [1.807, 2.05) is 0 Å². The van der Waals surface area contributed by atoms with Gasteiger partial charge in [0.25, 0.3) is 0 Å². The summed E-state index contributed by atoms with van der Waals surface area (Å²) >= 11 is 0. The third-order valence-electron chi connectivity index (χ3n) is 10.4. The quantitative estimate of drug-likeness (QED) is 0.319. The van der Waals surface area contributed by atoms with Crippen LogP contribution in [0.1, 0.15) is 125 Å². The Bertz CT molecular complexity index is 525. The Kier molecular flexibility index (Phi) is 10.4. The average molecular weight is 449 g/mol. The van der Waals surface area contributed by atoms with E-state index in [1.54, 1.807) is 0 Å². The van der Waals surface area contributed by atoms with Gasteiger partial charge < -0.3 is 10.2 Å².